The lowest BCUT2D eigenvalue weighted by molar-refractivity contribution is -0.116. The maximum atomic E-state index is 11.8. The predicted molar refractivity (Wildman–Crippen MR) is 75.1 cm³/mol. The summed E-state index contributed by atoms with van der Waals surface area (Å²) in [5.74, 6) is 0.0572. The van der Waals surface area contributed by atoms with Crippen molar-refractivity contribution in [1.29, 1.82) is 0 Å². The van der Waals surface area contributed by atoms with E-state index in [1.807, 2.05) is 19.1 Å². The minimum Gasteiger partial charge on any atom is -0.326 e. The van der Waals surface area contributed by atoms with Crippen molar-refractivity contribution < 1.29 is 4.79 Å². The van der Waals surface area contributed by atoms with E-state index in [0.717, 1.165) is 30.9 Å². The van der Waals surface area contributed by atoms with E-state index in [0.29, 0.717) is 11.4 Å². The van der Waals surface area contributed by atoms with Gasteiger partial charge in [-0.15, -0.1) is 0 Å². The Balaban J connectivity index is 1.80. The molecule has 1 N–H and O–H groups in total. The van der Waals surface area contributed by atoms with Crippen LogP contribution in [0.15, 0.2) is 18.2 Å². The van der Waals surface area contributed by atoms with Crippen molar-refractivity contribution in [2.24, 2.45) is 0 Å². The topological polar surface area (TPSA) is 32.3 Å². The van der Waals surface area contributed by atoms with Crippen molar-refractivity contribution in [3.05, 3.63) is 28.8 Å². The van der Waals surface area contributed by atoms with Gasteiger partial charge < -0.3 is 10.2 Å². The summed E-state index contributed by atoms with van der Waals surface area (Å²) in [6.45, 7) is 5.06. The van der Waals surface area contributed by atoms with Gasteiger partial charge in [0.15, 0.2) is 0 Å². The number of nitrogens with zero attached hydrogens (tertiary/aromatic N) is 1. The number of carbonyl (C=O) groups is 1. The molecule has 0 unspecified atom stereocenters. The number of hydrogen-bond donors (Lipinski definition) is 1. The lowest BCUT2D eigenvalue weighted by Crippen LogP contribution is -2.25. The summed E-state index contributed by atoms with van der Waals surface area (Å²) in [6, 6.07) is 5.60. The van der Waals surface area contributed by atoms with Crippen LogP contribution < -0.4 is 5.32 Å². The van der Waals surface area contributed by atoms with E-state index in [4.69, 9.17) is 11.6 Å². The molecule has 0 bridgehead atoms. The van der Waals surface area contributed by atoms with Gasteiger partial charge in [-0.05, 0) is 50.6 Å². The number of amides is 1. The van der Waals surface area contributed by atoms with E-state index in [9.17, 15) is 4.79 Å². The Bertz CT molecular complexity index is 428. The molecule has 0 aliphatic carbocycles. The first-order chi connectivity index (χ1) is 8.65. The van der Waals surface area contributed by atoms with Gasteiger partial charge in [-0.3, -0.25) is 4.79 Å². The van der Waals surface area contributed by atoms with Crippen LogP contribution in [0.25, 0.3) is 0 Å². The molecule has 3 nitrogen and oxygen atoms in total. The van der Waals surface area contributed by atoms with Crippen molar-refractivity contribution in [3.8, 4) is 0 Å². The van der Waals surface area contributed by atoms with Crippen LogP contribution in [0.2, 0.25) is 5.02 Å². The van der Waals surface area contributed by atoms with Crippen LogP contribution in [0, 0.1) is 6.92 Å². The zero-order valence-electron chi connectivity index (χ0n) is 10.7. The molecule has 1 fully saturated rings. The van der Waals surface area contributed by atoms with Gasteiger partial charge in [0.25, 0.3) is 0 Å². The summed E-state index contributed by atoms with van der Waals surface area (Å²) in [5, 5.41) is 3.57. The largest absolute Gasteiger partial charge is 0.326 e. The van der Waals surface area contributed by atoms with E-state index in [1.54, 1.807) is 6.07 Å². The highest BCUT2D eigenvalue weighted by Gasteiger charge is 2.12. The van der Waals surface area contributed by atoms with Gasteiger partial charge in [0.2, 0.25) is 5.91 Å². The molecule has 0 aromatic heterocycles. The van der Waals surface area contributed by atoms with E-state index in [2.05, 4.69) is 10.2 Å². The number of halogens is 1. The molecule has 1 aromatic carbocycles. The number of rotatable bonds is 4. The van der Waals surface area contributed by atoms with Gasteiger partial charge in [0, 0.05) is 23.7 Å². The first-order valence-corrected chi connectivity index (χ1v) is 6.81. The van der Waals surface area contributed by atoms with Crippen molar-refractivity contribution >= 4 is 23.2 Å². The van der Waals surface area contributed by atoms with Crippen LogP contribution in [0.1, 0.15) is 24.8 Å². The van der Waals surface area contributed by atoms with Crippen molar-refractivity contribution in [3.63, 3.8) is 0 Å². The summed E-state index contributed by atoms with van der Waals surface area (Å²) in [5.41, 5.74) is 1.80. The molecule has 1 amide bonds. The monoisotopic (exact) mass is 266 g/mol. The van der Waals surface area contributed by atoms with Gasteiger partial charge in [-0.1, -0.05) is 17.7 Å². The Hall–Kier alpha value is -1.06. The van der Waals surface area contributed by atoms with E-state index in [-0.39, 0.29) is 5.91 Å². The van der Waals surface area contributed by atoms with E-state index >= 15 is 0 Å². The number of carbonyl (C=O) groups excluding carboxylic acids is 1. The minimum atomic E-state index is 0.0572. The number of hydrogen-bond acceptors (Lipinski definition) is 2. The Labute approximate surface area is 113 Å². The van der Waals surface area contributed by atoms with Crippen LogP contribution in [0.3, 0.4) is 0 Å². The van der Waals surface area contributed by atoms with E-state index < -0.39 is 0 Å². The molecular formula is C14H19ClN2O. The number of anilines is 1. The molecule has 98 valence electrons. The molecule has 1 aliphatic heterocycles. The molecule has 1 aliphatic rings. The second-order valence-electron chi connectivity index (χ2n) is 4.81. The number of benzene rings is 1. The highest BCUT2D eigenvalue weighted by molar-refractivity contribution is 6.31. The number of nitrogens with one attached hydrogen (secondary N) is 1. The average molecular weight is 267 g/mol. The summed E-state index contributed by atoms with van der Waals surface area (Å²) in [7, 11) is 0. The lowest BCUT2D eigenvalue weighted by Gasteiger charge is -2.14. The smallest absolute Gasteiger partial charge is 0.225 e. The molecule has 0 atom stereocenters. The van der Waals surface area contributed by atoms with Gasteiger partial charge in [-0.25, -0.2) is 0 Å². The van der Waals surface area contributed by atoms with Gasteiger partial charge >= 0.3 is 0 Å². The maximum absolute atomic E-state index is 11.8. The van der Waals surface area contributed by atoms with Gasteiger partial charge in [0.1, 0.15) is 0 Å². The fraction of sp³-hybridized carbons (Fsp3) is 0.500. The van der Waals surface area contributed by atoms with Crippen LogP contribution >= 0.6 is 11.6 Å². The molecule has 1 saturated heterocycles. The molecule has 0 saturated carbocycles. The molecular weight excluding hydrogens is 248 g/mol. The Morgan fingerprint density at radius 1 is 1.39 bits per heavy atom. The summed E-state index contributed by atoms with van der Waals surface area (Å²) in [6.07, 6.45) is 3.07. The molecule has 2 rings (SSSR count). The fourth-order valence-electron chi connectivity index (χ4n) is 2.16. The summed E-state index contributed by atoms with van der Waals surface area (Å²) in [4.78, 5) is 14.1. The standard InChI is InChI=1S/C14H19ClN2O/c1-11-4-5-12(10-13(11)15)16-14(18)6-9-17-7-2-3-8-17/h4-5,10H,2-3,6-9H2,1H3,(H,16,18). The normalized spacial score (nSPS) is 15.9. The third-order valence-corrected chi connectivity index (χ3v) is 3.72. The molecule has 0 spiro atoms. The highest BCUT2D eigenvalue weighted by atomic mass is 35.5. The third kappa shape index (κ3) is 3.72. The SMILES string of the molecule is Cc1ccc(NC(=O)CCN2CCCC2)cc1Cl. The molecule has 18 heavy (non-hydrogen) atoms. The second-order valence-corrected chi connectivity index (χ2v) is 5.22. The third-order valence-electron chi connectivity index (χ3n) is 3.31. The molecule has 4 heteroatoms. The second kappa shape index (κ2) is 6.21. The molecule has 0 radical (unpaired) electrons. The predicted octanol–water partition coefficient (Wildman–Crippen LogP) is 3.07. The van der Waals surface area contributed by atoms with Crippen molar-refractivity contribution in [2.75, 3.05) is 25.0 Å². The Morgan fingerprint density at radius 3 is 2.78 bits per heavy atom. The van der Waals surface area contributed by atoms with Crippen LogP contribution in [0.5, 0.6) is 0 Å². The zero-order chi connectivity index (χ0) is 13.0. The summed E-state index contributed by atoms with van der Waals surface area (Å²) < 4.78 is 0. The minimum absolute atomic E-state index is 0.0572. The first-order valence-electron chi connectivity index (χ1n) is 6.43. The first kappa shape index (κ1) is 13.4. The molecule has 1 heterocycles. The number of aryl methyl sites for hydroxylation is 1. The summed E-state index contributed by atoms with van der Waals surface area (Å²) >= 11 is 6.02. The number of likely N-dealkylation sites (tertiary alicyclic amines) is 1. The Kier molecular flexibility index (Phi) is 4.61. The zero-order valence-corrected chi connectivity index (χ0v) is 11.5. The van der Waals surface area contributed by atoms with Crippen LogP contribution in [-0.4, -0.2) is 30.4 Å². The van der Waals surface area contributed by atoms with Crippen molar-refractivity contribution in [1.82, 2.24) is 4.90 Å². The van der Waals surface area contributed by atoms with E-state index in [1.165, 1.54) is 12.8 Å². The van der Waals surface area contributed by atoms with Crippen LogP contribution in [-0.2, 0) is 4.79 Å². The average Bonchev–Trinajstić information content (AvgIpc) is 2.84. The maximum Gasteiger partial charge on any atom is 0.225 e. The highest BCUT2D eigenvalue weighted by Crippen LogP contribution is 2.20. The lowest BCUT2D eigenvalue weighted by atomic mass is 10.2. The fourth-order valence-corrected chi connectivity index (χ4v) is 2.34. The van der Waals surface area contributed by atoms with Crippen molar-refractivity contribution in [2.45, 2.75) is 26.2 Å². The van der Waals surface area contributed by atoms with Gasteiger partial charge in [0.05, 0.1) is 0 Å². The van der Waals surface area contributed by atoms with Crippen LogP contribution in [0.4, 0.5) is 5.69 Å². The molecule has 1 aromatic rings. The Morgan fingerprint density at radius 2 is 2.11 bits per heavy atom. The quantitative estimate of drug-likeness (QED) is 0.908. The van der Waals surface area contributed by atoms with Gasteiger partial charge in [-0.2, -0.15) is 0 Å².